The number of amides is 2. The second-order valence-corrected chi connectivity index (χ2v) is 9.87. The monoisotopic (exact) mass is 484 g/mol. The van der Waals surface area contributed by atoms with Gasteiger partial charge in [-0.05, 0) is 24.6 Å². The SMILES string of the molecule is CCOc1cc([C@@H](CS(C)(=O)=O)NC(=O)c2c(C(=O)O)csc2NC(C)=O)ccc1OC. The Labute approximate surface area is 189 Å². The van der Waals surface area contributed by atoms with E-state index in [2.05, 4.69) is 10.6 Å². The van der Waals surface area contributed by atoms with Gasteiger partial charge in [0.2, 0.25) is 5.91 Å². The zero-order valence-corrected chi connectivity index (χ0v) is 19.6. The molecule has 1 heterocycles. The maximum Gasteiger partial charge on any atom is 0.337 e. The molecule has 0 spiro atoms. The first-order valence-corrected chi connectivity index (χ1v) is 12.3. The number of rotatable bonds is 10. The average molecular weight is 485 g/mol. The van der Waals surface area contributed by atoms with Gasteiger partial charge in [-0.1, -0.05) is 6.07 Å². The van der Waals surface area contributed by atoms with Gasteiger partial charge >= 0.3 is 5.97 Å². The molecule has 0 bridgehead atoms. The molecular formula is C20H24N2O8S2. The summed E-state index contributed by atoms with van der Waals surface area (Å²) in [6, 6.07) is 3.70. The third kappa shape index (κ3) is 6.44. The highest BCUT2D eigenvalue weighted by atomic mass is 32.2. The molecule has 0 saturated heterocycles. The third-order valence-electron chi connectivity index (χ3n) is 4.20. The van der Waals surface area contributed by atoms with Crippen LogP contribution < -0.4 is 20.1 Å². The van der Waals surface area contributed by atoms with Crippen molar-refractivity contribution in [2.45, 2.75) is 19.9 Å². The fourth-order valence-corrected chi connectivity index (χ4v) is 4.78. The molecule has 10 nitrogen and oxygen atoms in total. The molecule has 0 radical (unpaired) electrons. The molecule has 32 heavy (non-hydrogen) atoms. The zero-order valence-electron chi connectivity index (χ0n) is 17.9. The minimum atomic E-state index is -3.55. The van der Waals surface area contributed by atoms with E-state index in [9.17, 15) is 27.9 Å². The smallest absolute Gasteiger partial charge is 0.337 e. The van der Waals surface area contributed by atoms with E-state index in [-0.39, 0.29) is 16.1 Å². The molecule has 0 saturated carbocycles. The first kappa shape index (κ1) is 25.1. The minimum Gasteiger partial charge on any atom is -0.493 e. The first-order chi connectivity index (χ1) is 15.0. The van der Waals surface area contributed by atoms with E-state index in [1.807, 2.05) is 0 Å². The van der Waals surface area contributed by atoms with Gasteiger partial charge in [-0.15, -0.1) is 11.3 Å². The summed E-state index contributed by atoms with van der Waals surface area (Å²) in [6.45, 7) is 3.33. The van der Waals surface area contributed by atoms with E-state index in [4.69, 9.17) is 9.47 Å². The predicted octanol–water partition coefficient (Wildman–Crippen LogP) is 2.33. The lowest BCUT2D eigenvalue weighted by molar-refractivity contribution is -0.114. The van der Waals surface area contributed by atoms with Crippen LogP contribution in [0.15, 0.2) is 23.6 Å². The number of methoxy groups -OCH3 is 1. The van der Waals surface area contributed by atoms with Gasteiger partial charge in [0.1, 0.15) is 14.8 Å². The molecule has 3 N–H and O–H groups in total. The van der Waals surface area contributed by atoms with Crippen LogP contribution in [0.2, 0.25) is 0 Å². The number of aromatic carboxylic acids is 1. The quantitative estimate of drug-likeness (QED) is 0.465. The van der Waals surface area contributed by atoms with Gasteiger partial charge < -0.3 is 25.2 Å². The molecule has 0 unspecified atom stereocenters. The van der Waals surface area contributed by atoms with Crippen molar-refractivity contribution >= 4 is 44.0 Å². The van der Waals surface area contributed by atoms with Crippen LogP contribution in [0.3, 0.4) is 0 Å². The van der Waals surface area contributed by atoms with Gasteiger partial charge in [0, 0.05) is 18.6 Å². The number of hydrogen-bond donors (Lipinski definition) is 3. The summed E-state index contributed by atoms with van der Waals surface area (Å²) in [5.41, 5.74) is -0.143. The normalized spacial score (nSPS) is 12.0. The molecular weight excluding hydrogens is 460 g/mol. The van der Waals surface area contributed by atoms with Crippen molar-refractivity contribution in [3.63, 3.8) is 0 Å². The molecule has 0 aliphatic rings. The van der Waals surface area contributed by atoms with Gasteiger partial charge in [-0.2, -0.15) is 0 Å². The second kappa shape index (κ2) is 10.5. The number of carbonyl (C=O) groups is 3. The molecule has 1 aromatic carbocycles. The second-order valence-electron chi connectivity index (χ2n) is 6.80. The highest BCUT2D eigenvalue weighted by molar-refractivity contribution is 7.90. The van der Waals surface area contributed by atoms with Crippen molar-refractivity contribution in [2.75, 3.05) is 31.0 Å². The number of carbonyl (C=O) groups excluding carboxylic acids is 2. The Morgan fingerprint density at radius 3 is 2.44 bits per heavy atom. The Balaban J connectivity index is 2.50. The Hall–Kier alpha value is -3.12. The largest absolute Gasteiger partial charge is 0.493 e. The van der Waals surface area contributed by atoms with Crippen LogP contribution in [-0.2, 0) is 14.6 Å². The van der Waals surface area contributed by atoms with Crippen LogP contribution in [0.1, 0.15) is 46.2 Å². The summed E-state index contributed by atoms with van der Waals surface area (Å²) in [5, 5.41) is 15.7. The van der Waals surface area contributed by atoms with Crippen LogP contribution in [0.5, 0.6) is 11.5 Å². The van der Waals surface area contributed by atoms with E-state index in [0.29, 0.717) is 23.7 Å². The number of hydrogen-bond acceptors (Lipinski definition) is 8. The maximum absolute atomic E-state index is 13.1. The number of ether oxygens (including phenoxy) is 2. The Morgan fingerprint density at radius 2 is 1.91 bits per heavy atom. The first-order valence-electron chi connectivity index (χ1n) is 9.38. The summed E-state index contributed by atoms with van der Waals surface area (Å²) in [4.78, 5) is 36.1. The number of benzene rings is 1. The Kier molecular flexibility index (Phi) is 8.22. The van der Waals surface area contributed by atoms with Crippen molar-refractivity contribution in [3.8, 4) is 11.5 Å². The highest BCUT2D eigenvalue weighted by Gasteiger charge is 2.28. The molecule has 2 aromatic rings. The van der Waals surface area contributed by atoms with Crippen LogP contribution in [0.4, 0.5) is 5.00 Å². The van der Waals surface area contributed by atoms with Crippen molar-refractivity contribution in [3.05, 3.63) is 40.3 Å². The van der Waals surface area contributed by atoms with Crippen molar-refractivity contribution in [1.82, 2.24) is 5.32 Å². The van der Waals surface area contributed by atoms with Gasteiger partial charge in [-0.3, -0.25) is 9.59 Å². The summed E-state index contributed by atoms with van der Waals surface area (Å²) in [6.07, 6.45) is 1.02. The minimum absolute atomic E-state index is 0.0511. The standard InChI is InChI=1S/C20H24N2O8S2/c1-5-30-16-8-12(6-7-15(16)29-3)14(10-32(4,27)28)22-18(24)17-13(20(25)26)9-31-19(17)21-11(2)23/h6-9,14H,5,10H2,1-4H3,(H,21,23)(H,22,24)(H,25,26)/t14-/m1/s1. The summed E-state index contributed by atoms with van der Waals surface area (Å²) < 4.78 is 34.9. The fraction of sp³-hybridized carbons (Fsp3) is 0.350. The van der Waals surface area contributed by atoms with Crippen LogP contribution >= 0.6 is 11.3 Å². The number of carboxylic acid groups (broad SMARTS) is 1. The lowest BCUT2D eigenvalue weighted by atomic mass is 10.1. The molecule has 0 aliphatic carbocycles. The molecule has 174 valence electrons. The third-order valence-corrected chi connectivity index (χ3v) is 6.04. The number of thiophene rings is 1. The summed E-state index contributed by atoms with van der Waals surface area (Å²) >= 11 is 0.883. The molecule has 0 aliphatic heterocycles. The number of nitrogens with one attached hydrogen (secondary N) is 2. The van der Waals surface area contributed by atoms with Gasteiger partial charge in [0.25, 0.3) is 5.91 Å². The van der Waals surface area contributed by atoms with Crippen LogP contribution in [0, 0.1) is 0 Å². The number of anilines is 1. The summed E-state index contributed by atoms with van der Waals surface area (Å²) in [7, 11) is -2.09. The average Bonchev–Trinajstić information content (AvgIpc) is 3.10. The van der Waals surface area contributed by atoms with Gasteiger partial charge in [0.15, 0.2) is 11.5 Å². The van der Waals surface area contributed by atoms with Gasteiger partial charge in [-0.25, -0.2) is 13.2 Å². The lowest BCUT2D eigenvalue weighted by Gasteiger charge is -2.20. The van der Waals surface area contributed by atoms with Crippen molar-refractivity contribution < 1.29 is 37.4 Å². The lowest BCUT2D eigenvalue weighted by Crippen LogP contribution is -2.34. The number of sulfone groups is 1. The van der Waals surface area contributed by atoms with Crippen LogP contribution in [-0.4, -0.2) is 57.0 Å². The van der Waals surface area contributed by atoms with Crippen molar-refractivity contribution in [1.29, 1.82) is 0 Å². The molecule has 1 aromatic heterocycles. The fourth-order valence-electron chi connectivity index (χ4n) is 2.93. The molecule has 2 amide bonds. The van der Waals surface area contributed by atoms with Crippen LogP contribution in [0.25, 0.3) is 0 Å². The molecule has 1 atom stereocenters. The molecule has 0 fully saturated rings. The van der Waals surface area contributed by atoms with E-state index >= 15 is 0 Å². The maximum atomic E-state index is 13.1. The Bertz CT molecular complexity index is 1120. The van der Waals surface area contributed by atoms with Crippen molar-refractivity contribution in [2.24, 2.45) is 0 Å². The summed E-state index contributed by atoms with van der Waals surface area (Å²) in [5.74, 6) is -2.33. The molecule has 2 rings (SSSR count). The predicted molar refractivity (Wildman–Crippen MR) is 120 cm³/mol. The molecule has 12 heteroatoms. The Morgan fingerprint density at radius 1 is 1.22 bits per heavy atom. The van der Waals surface area contributed by atoms with E-state index in [1.54, 1.807) is 25.1 Å². The van der Waals surface area contributed by atoms with E-state index in [1.165, 1.54) is 19.4 Å². The van der Waals surface area contributed by atoms with Gasteiger partial charge in [0.05, 0.1) is 36.6 Å². The zero-order chi connectivity index (χ0) is 24.1. The number of carboxylic acids is 1. The topological polar surface area (TPSA) is 148 Å². The van der Waals surface area contributed by atoms with E-state index in [0.717, 1.165) is 17.6 Å². The highest BCUT2D eigenvalue weighted by Crippen LogP contribution is 2.32. The van der Waals surface area contributed by atoms with E-state index < -0.39 is 39.4 Å².